The minimum absolute atomic E-state index is 0.247. The van der Waals surface area contributed by atoms with Gasteiger partial charge in [0.2, 0.25) is 0 Å². The Balaban J connectivity index is 3.37. The fourth-order valence-electron chi connectivity index (χ4n) is 1.22. The van der Waals surface area contributed by atoms with Gasteiger partial charge in [-0.2, -0.15) is 0 Å². The van der Waals surface area contributed by atoms with Crippen LogP contribution in [0.2, 0.25) is 5.02 Å². The standard InChI is InChI=1S/C10H10Cl2O2/c1-6-3-4-8(12)9(7(6)5-11)10(13)14-2/h3-4H,5H2,1-2H3. The highest BCUT2D eigenvalue weighted by molar-refractivity contribution is 6.34. The summed E-state index contributed by atoms with van der Waals surface area (Å²) in [6, 6.07) is 3.49. The van der Waals surface area contributed by atoms with Gasteiger partial charge in [0.05, 0.1) is 17.7 Å². The van der Waals surface area contributed by atoms with Gasteiger partial charge in [0, 0.05) is 5.88 Å². The third-order valence-electron chi connectivity index (χ3n) is 2.02. The Morgan fingerprint density at radius 2 is 2.14 bits per heavy atom. The van der Waals surface area contributed by atoms with Crippen LogP contribution in [0.3, 0.4) is 0 Å². The molecule has 2 nitrogen and oxygen atoms in total. The molecule has 0 saturated carbocycles. The minimum atomic E-state index is -0.450. The van der Waals surface area contributed by atoms with Gasteiger partial charge in [-0.05, 0) is 24.1 Å². The van der Waals surface area contributed by atoms with Crippen LogP contribution in [0.5, 0.6) is 0 Å². The van der Waals surface area contributed by atoms with Gasteiger partial charge in [0.25, 0.3) is 0 Å². The van der Waals surface area contributed by atoms with E-state index in [1.807, 2.05) is 13.0 Å². The quantitative estimate of drug-likeness (QED) is 0.579. The van der Waals surface area contributed by atoms with Crippen LogP contribution in [-0.2, 0) is 10.6 Å². The van der Waals surface area contributed by atoms with E-state index in [1.165, 1.54) is 7.11 Å². The van der Waals surface area contributed by atoms with Gasteiger partial charge in [0.1, 0.15) is 0 Å². The van der Waals surface area contributed by atoms with Crippen LogP contribution in [0.15, 0.2) is 12.1 Å². The lowest BCUT2D eigenvalue weighted by Crippen LogP contribution is -2.07. The highest BCUT2D eigenvalue weighted by atomic mass is 35.5. The summed E-state index contributed by atoms with van der Waals surface area (Å²) in [6.45, 7) is 1.88. The fraction of sp³-hybridized carbons (Fsp3) is 0.300. The number of hydrogen-bond donors (Lipinski definition) is 0. The predicted octanol–water partition coefficient (Wildman–Crippen LogP) is 3.17. The zero-order valence-electron chi connectivity index (χ0n) is 7.93. The summed E-state index contributed by atoms with van der Waals surface area (Å²) < 4.78 is 4.63. The average molecular weight is 233 g/mol. The molecule has 0 aromatic heterocycles. The van der Waals surface area contributed by atoms with E-state index in [9.17, 15) is 4.79 Å². The molecule has 1 aromatic rings. The molecule has 1 aromatic carbocycles. The fourth-order valence-corrected chi connectivity index (χ4v) is 1.82. The molecule has 0 amide bonds. The summed E-state index contributed by atoms with van der Waals surface area (Å²) in [7, 11) is 1.32. The van der Waals surface area contributed by atoms with Crippen molar-refractivity contribution in [3.05, 3.63) is 33.8 Å². The second-order valence-electron chi connectivity index (χ2n) is 2.84. The number of esters is 1. The van der Waals surface area contributed by atoms with Crippen LogP contribution in [0.1, 0.15) is 21.5 Å². The predicted molar refractivity (Wildman–Crippen MR) is 57.1 cm³/mol. The van der Waals surface area contributed by atoms with Crippen molar-refractivity contribution in [3.8, 4) is 0 Å². The van der Waals surface area contributed by atoms with Gasteiger partial charge in [-0.3, -0.25) is 0 Å². The monoisotopic (exact) mass is 232 g/mol. The Labute approximate surface area is 92.8 Å². The summed E-state index contributed by atoms with van der Waals surface area (Å²) in [5, 5.41) is 0.373. The summed E-state index contributed by atoms with van der Waals surface area (Å²) in [5.41, 5.74) is 2.03. The Hall–Kier alpha value is -0.730. The van der Waals surface area contributed by atoms with Crippen LogP contribution in [-0.4, -0.2) is 13.1 Å². The zero-order chi connectivity index (χ0) is 10.7. The second-order valence-corrected chi connectivity index (χ2v) is 3.52. The van der Waals surface area contributed by atoms with E-state index in [4.69, 9.17) is 23.2 Å². The average Bonchev–Trinajstić information content (AvgIpc) is 2.19. The van der Waals surface area contributed by atoms with E-state index in [-0.39, 0.29) is 5.88 Å². The Morgan fingerprint density at radius 1 is 1.50 bits per heavy atom. The maximum absolute atomic E-state index is 11.4. The maximum atomic E-state index is 11.4. The Bertz CT molecular complexity index is 361. The summed E-state index contributed by atoms with van der Waals surface area (Å²) in [4.78, 5) is 11.4. The van der Waals surface area contributed by atoms with E-state index in [0.717, 1.165) is 11.1 Å². The van der Waals surface area contributed by atoms with E-state index >= 15 is 0 Å². The molecule has 0 N–H and O–H groups in total. The number of carbonyl (C=O) groups excluding carboxylic acids is 1. The number of benzene rings is 1. The normalized spacial score (nSPS) is 10.0. The Morgan fingerprint density at radius 3 is 2.64 bits per heavy atom. The van der Waals surface area contributed by atoms with Crippen molar-refractivity contribution in [1.29, 1.82) is 0 Å². The minimum Gasteiger partial charge on any atom is -0.465 e. The first-order valence-electron chi connectivity index (χ1n) is 4.04. The molecule has 76 valence electrons. The molecule has 0 heterocycles. The molecule has 4 heteroatoms. The lowest BCUT2D eigenvalue weighted by Gasteiger charge is -2.09. The molecular formula is C10H10Cl2O2. The van der Waals surface area contributed by atoms with Gasteiger partial charge < -0.3 is 4.74 Å². The number of aryl methyl sites for hydroxylation is 1. The first kappa shape index (κ1) is 11.3. The van der Waals surface area contributed by atoms with Gasteiger partial charge in [-0.25, -0.2) is 4.79 Å². The second kappa shape index (κ2) is 4.67. The summed E-state index contributed by atoms with van der Waals surface area (Å²) in [5.74, 6) is -0.203. The lowest BCUT2D eigenvalue weighted by molar-refractivity contribution is 0.0600. The van der Waals surface area contributed by atoms with Crippen molar-refractivity contribution >= 4 is 29.2 Å². The van der Waals surface area contributed by atoms with Crippen LogP contribution in [0, 0.1) is 6.92 Å². The van der Waals surface area contributed by atoms with Crippen molar-refractivity contribution in [2.24, 2.45) is 0 Å². The van der Waals surface area contributed by atoms with E-state index in [1.54, 1.807) is 6.07 Å². The topological polar surface area (TPSA) is 26.3 Å². The van der Waals surface area contributed by atoms with E-state index in [0.29, 0.717) is 10.6 Å². The van der Waals surface area contributed by atoms with Crippen LogP contribution < -0.4 is 0 Å². The number of alkyl halides is 1. The number of hydrogen-bond acceptors (Lipinski definition) is 2. The highest BCUT2D eigenvalue weighted by Crippen LogP contribution is 2.25. The molecule has 0 unspecified atom stereocenters. The zero-order valence-corrected chi connectivity index (χ0v) is 9.45. The smallest absolute Gasteiger partial charge is 0.339 e. The third-order valence-corrected chi connectivity index (χ3v) is 2.60. The molecule has 0 fully saturated rings. The number of carbonyl (C=O) groups is 1. The molecule has 0 aliphatic rings. The molecule has 0 radical (unpaired) electrons. The number of rotatable bonds is 2. The summed E-state index contributed by atoms with van der Waals surface area (Å²) in [6.07, 6.45) is 0. The van der Waals surface area contributed by atoms with Crippen molar-refractivity contribution in [1.82, 2.24) is 0 Å². The van der Waals surface area contributed by atoms with Gasteiger partial charge in [0.15, 0.2) is 0 Å². The Kier molecular flexibility index (Phi) is 3.78. The van der Waals surface area contributed by atoms with Crippen LogP contribution in [0.4, 0.5) is 0 Å². The maximum Gasteiger partial charge on any atom is 0.339 e. The van der Waals surface area contributed by atoms with E-state index < -0.39 is 5.97 Å². The molecular weight excluding hydrogens is 223 g/mol. The van der Waals surface area contributed by atoms with Crippen LogP contribution >= 0.6 is 23.2 Å². The number of halogens is 2. The van der Waals surface area contributed by atoms with Gasteiger partial charge in [-0.1, -0.05) is 17.7 Å². The molecule has 0 bridgehead atoms. The molecule has 0 aliphatic carbocycles. The number of ether oxygens (including phenoxy) is 1. The summed E-state index contributed by atoms with van der Waals surface area (Å²) >= 11 is 11.6. The molecule has 0 atom stereocenters. The first-order chi connectivity index (χ1) is 6.61. The van der Waals surface area contributed by atoms with E-state index in [2.05, 4.69) is 4.74 Å². The van der Waals surface area contributed by atoms with Crippen molar-refractivity contribution in [2.75, 3.05) is 7.11 Å². The molecule has 0 spiro atoms. The first-order valence-corrected chi connectivity index (χ1v) is 4.95. The molecule has 0 saturated heterocycles. The van der Waals surface area contributed by atoms with Crippen molar-refractivity contribution in [2.45, 2.75) is 12.8 Å². The van der Waals surface area contributed by atoms with Crippen molar-refractivity contribution in [3.63, 3.8) is 0 Å². The molecule has 0 aliphatic heterocycles. The lowest BCUT2D eigenvalue weighted by atomic mass is 10.0. The largest absolute Gasteiger partial charge is 0.465 e. The SMILES string of the molecule is COC(=O)c1c(Cl)ccc(C)c1CCl. The molecule has 14 heavy (non-hydrogen) atoms. The molecule has 1 rings (SSSR count). The van der Waals surface area contributed by atoms with Gasteiger partial charge in [-0.15, -0.1) is 11.6 Å². The number of methoxy groups -OCH3 is 1. The van der Waals surface area contributed by atoms with Crippen molar-refractivity contribution < 1.29 is 9.53 Å². The van der Waals surface area contributed by atoms with Gasteiger partial charge >= 0.3 is 5.97 Å². The highest BCUT2D eigenvalue weighted by Gasteiger charge is 2.16. The van der Waals surface area contributed by atoms with Crippen LogP contribution in [0.25, 0.3) is 0 Å². The third kappa shape index (κ3) is 2.02.